The van der Waals surface area contributed by atoms with Crippen LogP contribution in [0.2, 0.25) is 0 Å². The molecule has 1 amide bonds. The van der Waals surface area contributed by atoms with Crippen LogP contribution in [0.5, 0.6) is 0 Å². The molecular weight excluding hydrogens is 464 g/mol. The van der Waals surface area contributed by atoms with Crippen LogP contribution >= 0.6 is 11.8 Å². The molecule has 0 fully saturated rings. The van der Waals surface area contributed by atoms with Crippen LogP contribution in [-0.2, 0) is 25.4 Å². The van der Waals surface area contributed by atoms with Gasteiger partial charge in [0.15, 0.2) is 28.0 Å². The maximum Gasteiger partial charge on any atom is 0.332 e. The molecule has 2 aromatic carbocycles. The predicted octanol–water partition coefficient (Wildman–Crippen LogP) is 2.80. The number of thioether (sulfide) groups is 1. The van der Waals surface area contributed by atoms with Crippen LogP contribution in [0.1, 0.15) is 11.1 Å². The summed E-state index contributed by atoms with van der Waals surface area (Å²) in [6.07, 6.45) is 0. The van der Waals surface area contributed by atoms with E-state index in [2.05, 4.69) is 10.3 Å². The highest BCUT2D eigenvalue weighted by Gasteiger charge is 2.20. The van der Waals surface area contributed by atoms with Gasteiger partial charge in [0.25, 0.3) is 5.56 Å². The number of aryl methyl sites for hydroxylation is 2. The van der Waals surface area contributed by atoms with Crippen molar-refractivity contribution in [2.75, 3.05) is 11.1 Å². The lowest BCUT2D eigenvalue weighted by molar-refractivity contribution is -0.113. The number of rotatable bonds is 6. The summed E-state index contributed by atoms with van der Waals surface area (Å²) >= 11 is 1.07. The molecule has 0 saturated heterocycles. The highest BCUT2D eigenvalue weighted by atomic mass is 32.2. The first kappa shape index (κ1) is 23.4. The van der Waals surface area contributed by atoms with Gasteiger partial charge in [0.1, 0.15) is 0 Å². The van der Waals surface area contributed by atoms with Crippen LogP contribution in [0.3, 0.4) is 0 Å². The largest absolute Gasteiger partial charge is 0.332 e. The number of anilines is 1. The number of hydrogen-bond acceptors (Lipinski definition) is 5. The van der Waals surface area contributed by atoms with Gasteiger partial charge in [0, 0.05) is 25.8 Å². The summed E-state index contributed by atoms with van der Waals surface area (Å²) in [4.78, 5) is 42.3. The van der Waals surface area contributed by atoms with E-state index in [-0.39, 0.29) is 22.6 Å². The second-order valence-electron chi connectivity index (χ2n) is 7.81. The average Bonchev–Trinajstić information content (AvgIpc) is 3.17. The van der Waals surface area contributed by atoms with Gasteiger partial charge in [-0.05, 0) is 24.6 Å². The third-order valence-electron chi connectivity index (χ3n) is 5.31. The number of fused-ring (bicyclic) bond motifs is 1. The van der Waals surface area contributed by atoms with E-state index >= 15 is 0 Å². The number of benzene rings is 2. The van der Waals surface area contributed by atoms with E-state index in [1.54, 1.807) is 4.57 Å². The Bertz CT molecular complexity index is 1520. The van der Waals surface area contributed by atoms with E-state index in [4.69, 9.17) is 0 Å². The number of aromatic nitrogens is 4. The van der Waals surface area contributed by atoms with E-state index in [0.717, 1.165) is 39.6 Å². The maximum absolute atomic E-state index is 13.4. The van der Waals surface area contributed by atoms with Gasteiger partial charge < -0.3 is 9.88 Å². The number of nitrogens with zero attached hydrogens (tertiary/aromatic N) is 4. The van der Waals surface area contributed by atoms with Crippen molar-refractivity contribution >= 4 is 34.5 Å². The Hall–Kier alpha value is -3.73. The lowest BCUT2D eigenvalue weighted by atomic mass is 10.1. The number of hydrogen-bond donors (Lipinski definition) is 1. The zero-order valence-corrected chi connectivity index (χ0v) is 19.4. The van der Waals surface area contributed by atoms with Gasteiger partial charge in [-0.3, -0.25) is 18.7 Å². The Balaban J connectivity index is 1.68. The van der Waals surface area contributed by atoms with Crippen molar-refractivity contribution in [2.45, 2.75) is 18.6 Å². The van der Waals surface area contributed by atoms with Gasteiger partial charge in [-0.25, -0.2) is 18.6 Å². The lowest BCUT2D eigenvalue weighted by Crippen LogP contribution is -2.37. The van der Waals surface area contributed by atoms with Crippen LogP contribution in [0.4, 0.5) is 14.5 Å². The smallest absolute Gasteiger partial charge is 0.325 e. The summed E-state index contributed by atoms with van der Waals surface area (Å²) in [5.41, 5.74) is 1.57. The van der Waals surface area contributed by atoms with Gasteiger partial charge in [0.05, 0.1) is 12.3 Å². The minimum absolute atomic E-state index is 0.107. The summed E-state index contributed by atoms with van der Waals surface area (Å²) in [6.45, 7) is 2.27. The van der Waals surface area contributed by atoms with Gasteiger partial charge in [-0.2, -0.15) is 0 Å². The minimum atomic E-state index is -1.07. The van der Waals surface area contributed by atoms with Crippen molar-refractivity contribution in [1.29, 1.82) is 0 Å². The Kier molecular flexibility index (Phi) is 6.38. The van der Waals surface area contributed by atoms with E-state index in [0.29, 0.717) is 11.7 Å². The summed E-state index contributed by atoms with van der Waals surface area (Å²) < 4.78 is 30.5. The summed E-state index contributed by atoms with van der Waals surface area (Å²) in [6, 6.07) is 10.8. The predicted molar refractivity (Wildman–Crippen MR) is 126 cm³/mol. The van der Waals surface area contributed by atoms with Crippen molar-refractivity contribution in [3.05, 3.63) is 86.1 Å². The number of carbonyl (C=O) groups excluding carboxylic acids is 1. The van der Waals surface area contributed by atoms with E-state index < -0.39 is 28.8 Å². The van der Waals surface area contributed by atoms with Crippen molar-refractivity contribution < 1.29 is 13.6 Å². The van der Waals surface area contributed by atoms with Gasteiger partial charge in [0.2, 0.25) is 5.91 Å². The van der Waals surface area contributed by atoms with Crippen LogP contribution in [0.25, 0.3) is 11.2 Å². The van der Waals surface area contributed by atoms with Crippen LogP contribution in [0, 0.1) is 18.6 Å². The number of carbonyl (C=O) groups is 1. The molecule has 0 aliphatic heterocycles. The van der Waals surface area contributed by atoms with Gasteiger partial charge in [-0.1, -0.05) is 41.6 Å². The Morgan fingerprint density at radius 1 is 1.03 bits per heavy atom. The van der Waals surface area contributed by atoms with Gasteiger partial charge in [-0.15, -0.1) is 0 Å². The van der Waals surface area contributed by atoms with E-state index in [1.807, 2.05) is 31.2 Å². The molecule has 8 nitrogen and oxygen atoms in total. The summed E-state index contributed by atoms with van der Waals surface area (Å²) in [5, 5.41) is 2.88. The second kappa shape index (κ2) is 9.26. The van der Waals surface area contributed by atoms with Crippen molar-refractivity contribution in [3.63, 3.8) is 0 Å². The lowest BCUT2D eigenvalue weighted by Gasteiger charge is -2.10. The van der Waals surface area contributed by atoms with Crippen molar-refractivity contribution in [2.24, 2.45) is 14.1 Å². The highest BCUT2D eigenvalue weighted by molar-refractivity contribution is 7.99. The van der Waals surface area contributed by atoms with Crippen LogP contribution in [0.15, 0.2) is 57.2 Å². The number of nitrogens with one attached hydrogen (secondary N) is 1. The monoisotopic (exact) mass is 485 g/mol. The zero-order chi connectivity index (χ0) is 24.6. The second-order valence-corrected chi connectivity index (χ2v) is 8.75. The zero-order valence-electron chi connectivity index (χ0n) is 18.6. The molecule has 1 N–H and O–H groups in total. The van der Waals surface area contributed by atoms with Crippen LogP contribution < -0.4 is 16.6 Å². The minimum Gasteiger partial charge on any atom is -0.325 e. The maximum atomic E-state index is 13.4. The molecule has 0 radical (unpaired) electrons. The molecule has 0 spiro atoms. The van der Waals surface area contributed by atoms with Crippen molar-refractivity contribution in [3.8, 4) is 0 Å². The third-order valence-corrected chi connectivity index (χ3v) is 6.29. The first-order chi connectivity index (χ1) is 16.2. The molecule has 2 aromatic heterocycles. The van der Waals surface area contributed by atoms with Crippen LogP contribution in [-0.4, -0.2) is 30.3 Å². The molecule has 11 heteroatoms. The molecule has 176 valence electrons. The normalized spacial score (nSPS) is 11.2. The standard InChI is InChI=1S/C23H21F2N5O3S/c1-13-4-6-14(7-5-13)11-30-19-20(28(2)23(33)29(3)21(19)32)27-22(30)34-12-18(31)26-15-8-9-16(24)17(25)10-15/h4-10H,11-12H2,1-3H3,(H,26,31). The molecule has 2 heterocycles. The molecule has 0 unspecified atom stereocenters. The average molecular weight is 486 g/mol. The molecule has 0 bridgehead atoms. The quantitative estimate of drug-likeness (QED) is 0.424. The Morgan fingerprint density at radius 2 is 1.74 bits per heavy atom. The number of amides is 1. The molecule has 4 aromatic rings. The Morgan fingerprint density at radius 3 is 2.41 bits per heavy atom. The molecule has 0 aliphatic rings. The molecule has 4 rings (SSSR count). The first-order valence-electron chi connectivity index (χ1n) is 10.2. The Labute approximate surface area is 196 Å². The third kappa shape index (κ3) is 4.51. The van der Waals surface area contributed by atoms with E-state index in [9.17, 15) is 23.2 Å². The highest BCUT2D eigenvalue weighted by Crippen LogP contribution is 2.24. The summed E-state index contributed by atoms with van der Waals surface area (Å²) in [7, 11) is 2.92. The van der Waals surface area contributed by atoms with Gasteiger partial charge >= 0.3 is 5.69 Å². The fraction of sp³-hybridized carbons (Fsp3) is 0.217. The SMILES string of the molecule is Cc1ccc(Cn2c(SCC(=O)Nc3ccc(F)c(F)c3)nc3c2c(=O)n(C)c(=O)n3C)cc1. The molecule has 0 aliphatic carbocycles. The summed E-state index contributed by atoms with van der Waals surface area (Å²) in [5.74, 6) is -2.65. The molecule has 0 atom stereocenters. The molecular formula is C23H21F2N5O3S. The fourth-order valence-electron chi connectivity index (χ4n) is 3.46. The number of imidazole rings is 1. The fourth-order valence-corrected chi connectivity index (χ4v) is 4.26. The molecule has 0 saturated carbocycles. The first-order valence-corrected chi connectivity index (χ1v) is 11.2. The molecule has 34 heavy (non-hydrogen) atoms. The van der Waals surface area contributed by atoms with E-state index in [1.165, 1.54) is 24.7 Å². The van der Waals surface area contributed by atoms with Crippen molar-refractivity contribution in [1.82, 2.24) is 18.7 Å². The topological polar surface area (TPSA) is 90.9 Å². The number of halogens is 2.